The van der Waals surface area contributed by atoms with Gasteiger partial charge in [-0.2, -0.15) is 0 Å². The van der Waals surface area contributed by atoms with Crippen molar-refractivity contribution in [2.24, 2.45) is 5.41 Å². The highest BCUT2D eigenvalue weighted by atomic mass is 35.5. The zero-order chi connectivity index (χ0) is 20.8. The summed E-state index contributed by atoms with van der Waals surface area (Å²) in [7, 11) is 0. The van der Waals surface area contributed by atoms with E-state index in [0.717, 1.165) is 49.1 Å². The van der Waals surface area contributed by atoms with E-state index in [2.05, 4.69) is 19.2 Å². The van der Waals surface area contributed by atoms with E-state index in [1.165, 1.54) is 0 Å². The smallest absolute Gasteiger partial charge is 0.337 e. The van der Waals surface area contributed by atoms with Crippen LogP contribution in [-0.2, 0) is 14.3 Å². The lowest BCUT2D eigenvalue weighted by Crippen LogP contribution is -2.39. The zero-order valence-corrected chi connectivity index (χ0v) is 18.1. The molecule has 2 aliphatic carbocycles. The van der Waals surface area contributed by atoms with E-state index < -0.39 is 5.92 Å². The first-order valence-corrected chi connectivity index (χ1v) is 10.8. The van der Waals surface area contributed by atoms with Crippen LogP contribution in [0.3, 0.4) is 0 Å². The minimum absolute atomic E-state index is 0.0285. The molecule has 1 aliphatic heterocycles. The second-order valence-electron chi connectivity index (χ2n) is 9.30. The van der Waals surface area contributed by atoms with Gasteiger partial charge in [-0.05, 0) is 62.1 Å². The number of nitrogens with one attached hydrogen (secondary N) is 1. The number of rotatable bonds is 3. The van der Waals surface area contributed by atoms with E-state index in [0.29, 0.717) is 22.6 Å². The van der Waals surface area contributed by atoms with Crippen molar-refractivity contribution in [2.75, 3.05) is 0 Å². The third-order valence-electron chi connectivity index (χ3n) is 6.22. The van der Waals surface area contributed by atoms with Crippen molar-refractivity contribution in [3.8, 4) is 0 Å². The number of hydrogen-bond acceptors (Lipinski definition) is 4. The summed E-state index contributed by atoms with van der Waals surface area (Å²) in [6.07, 6.45) is 5.22. The van der Waals surface area contributed by atoms with E-state index in [-0.39, 0.29) is 23.3 Å². The molecule has 0 unspecified atom stereocenters. The highest BCUT2D eigenvalue weighted by Gasteiger charge is 2.43. The molecule has 1 atom stereocenters. The van der Waals surface area contributed by atoms with Crippen LogP contribution in [0.4, 0.5) is 0 Å². The molecular formula is C24H28ClNO3. The van der Waals surface area contributed by atoms with E-state index in [9.17, 15) is 9.59 Å². The summed E-state index contributed by atoms with van der Waals surface area (Å²) in [6, 6.07) is 7.47. The monoisotopic (exact) mass is 413 g/mol. The minimum atomic E-state index is -0.442. The van der Waals surface area contributed by atoms with Gasteiger partial charge in [-0.1, -0.05) is 37.6 Å². The lowest BCUT2D eigenvalue weighted by Gasteiger charge is -2.39. The molecule has 0 spiro atoms. The average Bonchev–Trinajstić information content (AvgIpc) is 3.12. The van der Waals surface area contributed by atoms with Gasteiger partial charge < -0.3 is 10.1 Å². The molecule has 4 rings (SSSR count). The van der Waals surface area contributed by atoms with Gasteiger partial charge in [-0.15, -0.1) is 0 Å². The molecule has 0 aromatic heterocycles. The molecule has 0 bridgehead atoms. The van der Waals surface area contributed by atoms with Crippen LogP contribution in [-0.4, -0.2) is 17.9 Å². The Morgan fingerprint density at radius 3 is 2.62 bits per heavy atom. The van der Waals surface area contributed by atoms with Gasteiger partial charge in [0.1, 0.15) is 6.10 Å². The van der Waals surface area contributed by atoms with Gasteiger partial charge in [0.25, 0.3) is 0 Å². The molecule has 154 valence electrons. The number of hydrogen-bond donors (Lipinski definition) is 1. The first-order chi connectivity index (χ1) is 13.7. The summed E-state index contributed by atoms with van der Waals surface area (Å²) in [4.78, 5) is 26.5. The Hall–Kier alpha value is -2.07. The van der Waals surface area contributed by atoms with Gasteiger partial charge >= 0.3 is 5.97 Å². The van der Waals surface area contributed by atoms with Crippen molar-refractivity contribution in [2.45, 2.75) is 71.3 Å². The Bertz CT molecular complexity index is 922. The third kappa shape index (κ3) is 4.00. The van der Waals surface area contributed by atoms with Gasteiger partial charge in [0.15, 0.2) is 5.78 Å². The van der Waals surface area contributed by atoms with Gasteiger partial charge in [-0.3, -0.25) is 4.79 Å². The summed E-state index contributed by atoms with van der Waals surface area (Å²) < 4.78 is 5.86. The number of benzene rings is 1. The number of carbonyl (C=O) groups is 2. The highest BCUT2D eigenvalue weighted by molar-refractivity contribution is 6.30. The molecule has 5 heteroatoms. The molecule has 1 fully saturated rings. The van der Waals surface area contributed by atoms with Gasteiger partial charge in [0, 0.05) is 34.3 Å². The second-order valence-corrected chi connectivity index (χ2v) is 9.73. The van der Waals surface area contributed by atoms with Crippen molar-refractivity contribution in [1.29, 1.82) is 0 Å². The molecule has 29 heavy (non-hydrogen) atoms. The van der Waals surface area contributed by atoms with E-state index in [1.54, 1.807) is 6.07 Å². The number of allylic oxidation sites excluding steroid dienone is 3. The lowest BCUT2D eigenvalue weighted by molar-refractivity contribution is -0.144. The predicted octanol–water partition coefficient (Wildman–Crippen LogP) is 5.43. The fourth-order valence-corrected chi connectivity index (χ4v) is 5.15. The van der Waals surface area contributed by atoms with E-state index in [1.807, 2.05) is 25.1 Å². The van der Waals surface area contributed by atoms with Crippen LogP contribution in [0.15, 0.2) is 46.8 Å². The predicted molar refractivity (Wildman–Crippen MR) is 113 cm³/mol. The molecule has 1 aromatic rings. The Morgan fingerprint density at radius 1 is 1.21 bits per heavy atom. The molecule has 1 saturated carbocycles. The fraction of sp³-hybridized carbons (Fsp3) is 0.500. The maximum Gasteiger partial charge on any atom is 0.337 e. The van der Waals surface area contributed by atoms with Crippen molar-refractivity contribution in [3.05, 3.63) is 57.4 Å². The Kier molecular flexibility index (Phi) is 5.32. The minimum Gasteiger partial charge on any atom is -0.459 e. The van der Waals surface area contributed by atoms with E-state index >= 15 is 0 Å². The number of ether oxygens (including phenoxy) is 1. The topological polar surface area (TPSA) is 55.4 Å². The maximum absolute atomic E-state index is 13.3. The third-order valence-corrected chi connectivity index (χ3v) is 6.45. The van der Waals surface area contributed by atoms with E-state index in [4.69, 9.17) is 16.3 Å². The zero-order valence-electron chi connectivity index (χ0n) is 17.3. The van der Waals surface area contributed by atoms with Crippen molar-refractivity contribution in [1.82, 2.24) is 5.32 Å². The maximum atomic E-state index is 13.3. The van der Waals surface area contributed by atoms with Crippen LogP contribution >= 0.6 is 11.6 Å². The molecule has 3 aliphatic rings. The highest BCUT2D eigenvalue weighted by Crippen LogP contribution is 2.47. The van der Waals surface area contributed by atoms with Crippen LogP contribution in [0.5, 0.6) is 0 Å². The van der Waals surface area contributed by atoms with Crippen molar-refractivity contribution >= 4 is 23.4 Å². The summed E-state index contributed by atoms with van der Waals surface area (Å²) in [5.74, 6) is -0.675. The van der Waals surface area contributed by atoms with Crippen LogP contribution in [0.1, 0.15) is 70.8 Å². The van der Waals surface area contributed by atoms with Gasteiger partial charge in [0.05, 0.1) is 5.57 Å². The summed E-state index contributed by atoms with van der Waals surface area (Å²) >= 11 is 6.27. The summed E-state index contributed by atoms with van der Waals surface area (Å²) in [6.45, 7) is 6.11. The van der Waals surface area contributed by atoms with Crippen LogP contribution in [0.25, 0.3) is 0 Å². The van der Waals surface area contributed by atoms with Gasteiger partial charge in [-0.25, -0.2) is 4.79 Å². The fourth-order valence-electron chi connectivity index (χ4n) is 4.95. The summed E-state index contributed by atoms with van der Waals surface area (Å²) in [5, 5.41) is 3.97. The molecular weight excluding hydrogens is 386 g/mol. The first-order valence-electron chi connectivity index (χ1n) is 10.5. The SMILES string of the molecule is CC1=C(C(=O)OC2CCCC2)[C@H](c2cccc(Cl)c2)C2=C(CC(C)(C)CC2=O)N1. The molecule has 1 aromatic carbocycles. The Morgan fingerprint density at radius 2 is 1.93 bits per heavy atom. The summed E-state index contributed by atoms with van der Waals surface area (Å²) in [5.41, 5.74) is 3.66. The first kappa shape index (κ1) is 20.2. The van der Waals surface area contributed by atoms with Crippen molar-refractivity contribution < 1.29 is 14.3 Å². The molecule has 0 amide bonds. The van der Waals surface area contributed by atoms with Crippen molar-refractivity contribution in [3.63, 3.8) is 0 Å². The lowest BCUT2D eigenvalue weighted by atomic mass is 9.68. The van der Waals surface area contributed by atoms with Crippen LogP contribution in [0, 0.1) is 5.41 Å². The van der Waals surface area contributed by atoms with Gasteiger partial charge in [0.2, 0.25) is 0 Å². The number of ketones is 1. The quantitative estimate of drug-likeness (QED) is 0.671. The normalized spacial score (nSPS) is 24.4. The Balaban J connectivity index is 1.79. The second kappa shape index (κ2) is 7.64. The largest absolute Gasteiger partial charge is 0.459 e. The number of Topliss-reactive ketones (excluding diaryl/α,β-unsaturated/α-hetero) is 1. The molecule has 0 saturated heterocycles. The number of halogens is 1. The Labute approximate surface area is 177 Å². The van der Waals surface area contributed by atoms with Crippen LogP contribution < -0.4 is 5.32 Å². The number of carbonyl (C=O) groups excluding carboxylic acids is 2. The molecule has 1 N–H and O–H groups in total. The average molecular weight is 414 g/mol. The molecule has 1 heterocycles. The number of esters is 1. The standard InChI is InChI=1S/C24H28ClNO3/c1-14-20(23(28)29-17-9-4-5-10-17)21(15-7-6-8-16(25)11-15)22-18(26-14)12-24(2,3)13-19(22)27/h6-8,11,17,21,26H,4-5,9-10,12-13H2,1-3H3/t21-/m0/s1. The molecule has 4 nitrogen and oxygen atoms in total. The van der Waals surface area contributed by atoms with Crippen LogP contribution in [0.2, 0.25) is 5.02 Å². The molecule has 0 radical (unpaired) electrons. The number of dihydropyridines is 1.